The molecule has 0 atom stereocenters. The van der Waals surface area contributed by atoms with Crippen molar-refractivity contribution in [3.05, 3.63) is 10.5 Å². The Morgan fingerprint density at radius 1 is 1.44 bits per heavy atom. The smallest absolute Gasteiger partial charge is 0.270 e. The normalized spacial score (nSPS) is 12.0. The van der Waals surface area contributed by atoms with E-state index in [1.165, 1.54) is 0 Å². The fraction of sp³-hybridized carbons (Fsp3) is 0.800. The molecular formula is C10H21N3OSSi. The van der Waals surface area contributed by atoms with E-state index in [1.807, 2.05) is 0 Å². The maximum Gasteiger partial charge on any atom is 0.343 e. The van der Waals surface area contributed by atoms with E-state index in [4.69, 9.17) is 0 Å². The van der Waals surface area contributed by atoms with E-state index < -0.39 is 8.07 Å². The number of hydrogen-bond donors (Lipinski definition) is 1. The molecule has 0 unspecified atom stereocenters. The van der Waals surface area contributed by atoms with Gasteiger partial charge in [0, 0.05) is 6.54 Å². The van der Waals surface area contributed by atoms with Crippen LogP contribution in [0.25, 0.3) is 0 Å². The summed E-state index contributed by atoms with van der Waals surface area (Å²) in [6.07, 6.45) is 2.12. The first-order chi connectivity index (χ1) is 7.44. The lowest BCUT2D eigenvalue weighted by Gasteiger charge is -2.14. The molecule has 1 rings (SSSR count). The van der Waals surface area contributed by atoms with Gasteiger partial charge in [-0.25, -0.2) is 9.89 Å². The lowest BCUT2D eigenvalue weighted by molar-refractivity contribution is 0.573. The molecule has 1 aromatic heterocycles. The van der Waals surface area contributed by atoms with Gasteiger partial charge in [0.05, 0.1) is 8.07 Å². The van der Waals surface area contributed by atoms with Gasteiger partial charge in [-0.1, -0.05) is 44.7 Å². The monoisotopic (exact) mass is 259 g/mol. The number of rotatable bonds is 6. The molecule has 0 aliphatic heterocycles. The summed E-state index contributed by atoms with van der Waals surface area (Å²) < 4.78 is 1.76. The van der Waals surface area contributed by atoms with Gasteiger partial charge >= 0.3 is 5.69 Å². The summed E-state index contributed by atoms with van der Waals surface area (Å²) in [5.74, 6) is 0. The molecular weight excluding hydrogens is 238 g/mol. The number of nitrogens with zero attached hydrogens (tertiary/aromatic N) is 2. The average molecular weight is 259 g/mol. The van der Waals surface area contributed by atoms with Crippen molar-refractivity contribution in [2.75, 3.05) is 5.38 Å². The minimum absolute atomic E-state index is 0.0773. The van der Waals surface area contributed by atoms with Crippen LogP contribution in [0.4, 0.5) is 0 Å². The van der Waals surface area contributed by atoms with E-state index in [-0.39, 0.29) is 5.69 Å². The van der Waals surface area contributed by atoms with Crippen LogP contribution in [-0.4, -0.2) is 28.2 Å². The zero-order valence-corrected chi connectivity index (χ0v) is 12.4. The van der Waals surface area contributed by atoms with Crippen LogP contribution in [0, 0.1) is 0 Å². The van der Waals surface area contributed by atoms with Gasteiger partial charge in [0.25, 0.3) is 0 Å². The summed E-state index contributed by atoms with van der Waals surface area (Å²) >= 11 is 1.71. The molecule has 0 aliphatic rings. The van der Waals surface area contributed by atoms with Crippen molar-refractivity contribution in [1.82, 2.24) is 14.8 Å². The highest BCUT2D eigenvalue weighted by Gasteiger charge is 2.16. The first-order valence-electron chi connectivity index (χ1n) is 5.72. The molecule has 1 heterocycles. The molecule has 0 bridgehead atoms. The number of aromatic amines is 1. The van der Waals surface area contributed by atoms with Crippen molar-refractivity contribution in [2.45, 2.75) is 51.1 Å². The molecule has 0 radical (unpaired) electrons. The predicted molar refractivity (Wildman–Crippen MR) is 71.8 cm³/mol. The Kier molecular flexibility index (Phi) is 4.85. The molecule has 0 saturated heterocycles. The maximum absolute atomic E-state index is 11.5. The van der Waals surface area contributed by atoms with Gasteiger partial charge in [0.2, 0.25) is 0 Å². The third-order valence-electron chi connectivity index (χ3n) is 2.09. The minimum atomic E-state index is -1.09. The Labute approximate surface area is 102 Å². The SMILES string of the molecule is CCCCn1c(SC[Si](C)(C)C)n[nH]c1=O. The second kappa shape index (κ2) is 5.72. The molecule has 0 spiro atoms. The second-order valence-corrected chi connectivity index (χ2v) is 12.1. The Morgan fingerprint density at radius 3 is 2.69 bits per heavy atom. The predicted octanol–water partition coefficient (Wildman–Crippen LogP) is 2.34. The topological polar surface area (TPSA) is 50.7 Å². The van der Waals surface area contributed by atoms with Crippen molar-refractivity contribution in [3.8, 4) is 0 Å². The quantitative estimate of drug-likeness (QED) is 0.630. The summed E-state index contributed by atoms with van der Waals surface area (Å²) in [5, 5.41) is 8.57. The molecule has 0 aliphatic carbocycles. The van der Waals surface area contributed by atoms with Crippen molar-refractivity contribution in [3.63, 3.8) is 0 Å². The molecule has 16 heavy (non-hydrogen) atoms. The first-order valence-corrected chi connectivity index (χ1v) is 10.4. The molecule has 0 aromatic carbocycles. The maximum atomic E-state index is 11.5. The summed E-state index contributed by atoms with van der Waals surface area (Å²) in [6.45, 7) is 9.86. The summed E-state index contributed by atoms with van der Waals surface area (Å²) in [6, 6.07) is 0. The van der Waals surface area contributed by atoms with E-state index in [1.54, 1.807) is 16.3 Å². The van der Waals surface area contributed by atoms with E-state index in [0.29, 0.717) is 0 Å². The number of nitrogens with one attached hydrogen (secondary N) is 1. The van der Waals surface area contributed by atoms with Gasteiger partial charge in [-0.2, -0.15) is 0 Å². The molecule has 1 N–H and O–H groups in total. The van der Waals surface area contributed by atoms with Crippen molar-refractivity contribution >= 4 is 19.8 Å². The van der Waals surface area contributed by atoms with Gasteiger partial charge in [-0.3, -0.25) is 4.57 Å². The highest BCUT2D eigenvalue weighted by molar-refractivity contribution is 8.00. The van der Waals surface area contributed by atoms with Crippen molar-refractivity contribution in [2.24, 2.45) is 0 Å². The third-order valence-corrected chi connectivity index (χ3v) is 6.70. The number of aromatic nitrogens is 3. The third kappa shape index (κ3) is 4.17. The fourth-order valence-corrected chi connectivity index (χ4v) is 3.90. The zero-order chi connectivity index (χ0) is 12.2. The molecule has 0 amide bonds. The Hall–Kier alpha value is -0.493. The highest BCUT2D eigenvalue weighted by Crippen LogP contribution is 2.18. The van der Waals surface area contributed by atoms with Crippen molar-refractivity contribution < 1.29 is 0 Å². The number of unbranched alkanes of at least 4 members (excludes halogenated alkanes) is 1. The summed E-state index contributed by atoms with van der Waals surface area (Å²) in [5.41, 5.74) is -0.0773. The fourth-order valence-electron chi connectivity index (χ4n) is 1.21. The molecule has 0 fully saturated rings. The standard InChI is InChI=1S/C10H21N3OSSi/c1-5-6-7-13-9(14)11-12-10(13)15-8-16(2,3)4/h5-8H2,1-4H3,(H,11,14). The summed E-state index contributed by atoms with van der Waals surface area (Å²) in [4.78, 5) is 11.5. The van der Waals surface area contributed by atoms with Crippen LogP contribution in [0.2, 0.25) is 19.6 Å². The van der Waals surface area contributed by atoms with Gasteiger partial charge in [0.1, 0.15) is 0 Å². The first kappa shape index (κ1) is 13.6. The average Bonchev–Trinajstić information content (AvgIpc) is 2.52. The van der Waals surface area contributed by atoms with Crippen LogP contribution in [0.3, 0.4) is 0 Å². The van der Waals surface area contributed by atoms with Gasteiger partial charge < -0.3 is 0 Å². The van der Waals surface area contributed by atoms with E-state index in [2.05, 4.69) is 36.8 Å². The van der Waals surface area contributed by atoms with E-state index >= 15 is 0 Å². The minimum Gasteiger partial charge on any atom is -0.270 e. The summed E-state index contributed by atoms with van der Waals surface area (Å²) in [7, 11) is -1.09. The second-order valence-electron chi connectivity index (χ2n) is 5.17. The van der Waals surface area contributed by atoms with Crippen LogP contribution in [0.15, 0.2) is 9.95 Å². The van der Waals surface area contributed by atoms with Gasteiger partial charge in [0.15, 0.2) is 5.16 Å². The van der Waals surface area contributed by atoms with Crippen LogP contribution in [-0.2, 0) is 6.54 Å². The Balaban J connectivity index is 2.69. The molecule has 1 aromatic rings. The molecule has 92 valence electrons. The molecule has 6 heteroatoms. The van der Waals surface area contributed by atoms with Gasteiger partial charge in [-0.05, 0) is 11.8 Å². The largest absolute Gasteiger partial charge is 0.343 e. The van der Waals surface area contributed by atoms with Gasteiger partial charge in [-0.15, -0.1) is 5.10 Å². The van der Waals surface area contributed by atoms with E-state index in [9.17, 15) is 4.79 Å². The molecule has 4 nitrogen and oxygen atoms in total. The number of thioether (sulfide) groups is 1. The Morgan fingerprint density at radius 2 is 2.12 bits per heavy atom. The Bertz CT molecular complexity index is 380. The lowest BCUT2D eigenvalue weighted by Crippen LogP contribution is -2.24. The molecule has 0 saturated carbocycles. The number of hydrogen-bond acceptors (Lipinski definition) is 3. The zero-order valence-electron chi connectivity index (χ0n) is 10.5. The van der Waals surface area contributed by atoms with Crippen molar-refractivity contribution in [1.29, 1.82) is 0 Å². The number of H-pyrrole nitrogens is 1. The van der Waals surface area contributed by atoms with Crippen LogP contribution >= 0.6 is 11.8 Å². The lowest BCUT2D eigenvalue weighted by atomic mass is 10.3. The van der Waals surface area contributed by atoms with Crippen LogP contribution in [0.1, 0.15) is 19.8 Å². The highest BCUT2D eigenvalue weighted by atomic mass is 32.2. The van der Waals surface area contributed by atoms with E-state index in [0.717, 1.165) is 29.9 Å². The van der Waals surface area contributed by atoms with Crippen LogP contribution < -0.4 is 5.69 Å². The van der Waals surface area contributed by atoms with Crippen LogP contribution in [0.5, 0.6) is 0 Å².